The zero-order chi connectivity index (χ0) is 15.0. The van der Waals surface area contributed by atoms with E-state index < -0.39 is 4.92 Å². The lowest BCUT2D eigenvalue weighted by Gasteiger charge is -2.34. The maximum Gasteiger partial charge on any atom is 0.279 e. The van der Waals surface area contributed by atoms with Crippen molar-refractivity contribution < 1.29 is 9.66 Å². The summed E-state index contributed by atoms with van der Waals surface area (Å²) in [5, 5.41) is 12.4. The number of hydrogen-bond donors (Lipinski definition) is 1. The van der Waals surface area contributed by atoms with E-state index in [0.29, 0.717) is 23.6 Å². The van der Waals surface area contributed by atoms with Crippen LogP contribution < -0.4 is 10.5 Å². The minimum Gasteiger partial charge on any atom is -0.490 e. The quantitative estimate of drug-likeness (QED) is 0.689. The van der Waals surface area contributed by atoms with Crippen molar-refractivity contribution in [1.29, 1.82) is 0 Å². The van der Waals surface area contributed by atoms with Gasteiger partial charge in [0, 0.05) is 23.3 Å². The van der Waals surface area contributed by atoms with Gasteiger partial charge in [0.05, 0.1) is 16.4 Å². The van der Waals surface area contributed by atoms with Crippen LogP contribution in [0.1, 0.15) is 18.5 Å². The van der Waals surface area contributed by atoms with Crippen LogP contribution >= 0.6 is 0 Å². The van der Waals surface area contributed by atoms with Crippen molar-refractivity contribution >= 4 is 16.5 Å². The predicted octanol–water partition coefficient (Wildman–Crippen LogP) is 2.57. The molecule has 0 amide bonds. The summed E-state index contributed by atoms with van der Waals surface area (Å²) in [6.07, 6.45) is 3.58. The van der Waals surface area contributed by atoms with Gasteiger partial charge in [-0.25, -0.2) is 0 Å². The Kier molecular flexibility index (Phi) is 3.47. The number of nitrogens with zero attached hydrogens (tertiary/aromatic N) is 2. The van der Waals surface area contributed by atoms with Crippen LogP contribution in [0.25, 0.3) is 10.8 Å². The first kappa shape index (κ1) is 13.8. The molecule has 0 radical (unpaired) electrons. The number of nitrogens with two attached hydrogens (primary N) is 1. The molecule has 1 saturated carbocycles. The Morgan fingerprint density at radius 2 is 2.19 bits per heavy atom. The number of aryl methyl sites for hydroxylation is 1. The first-order chi connectivity index (χ1) is 10.1. The second-order valence-electron chi connectivity index (χ2n) is 5.52. The average molecular weight is 287 g/mol. The highest BCUT2D eigenvalue weighted by Gasteiger charge is 2.30. The lowest BCUT2D eigenvalue weighted by Crippen LogP contribution is -2.37. The number of aromatic nitrogens is 1. The Hall–Kier alpha value is -2.21. The largest absolute Gasteiger partial charge is 0.490 e. The molecule has 2 N–H and O–H groups in total. The van der Waals surface area contributed by atoms with Crippen LogP contribution in [0.5, 0.6) is 5.75 Å². The second kappa shape index (κ2) is 5.29. The Balaban J connectivity index is 1.97. The number of fused-ring (bicyclic) bond motifs is 1. The number of benzene rings is 1. The highest BCUT2D eigenvalue weighted by atomic mass is 16.6. The fraction of sp³-hybridized carbons (Fsp3) is 0.400. The molecule has 6 heteroatoms. The third-order valence-corrected chi connectivity index (χ3v) is 3.99. The summed E-state index contributed by atoms with van der Waals surface area (Å²) in [5.74, 6) is 1.21. The molecule has 110 valence electrons. The molecule has 0 bridgehead atoms. The molecule has 1 heterocycles. The Morgan fingerprint density at radius 1 is 1.43 bits per heavy atom. The van der Waals surface area contributed by atoms with Crippen LogP contribution in [-0.2, 0) is 0 Å². The van der Waals surface area contributed by atoms with E-state index in [4.69, 9.17) is 10.5 Å². The van der Waals surface area contributed by atoms with Gasteiger partial charge < -0.3 is 10.5 Å². The molecule has 1 aromatic carbocycles. The van der Waals surface area contributed by atoms with Crippen molar-refractivity contribution in [2.45, 2.75) is 25.9 Å². The molecule has 1 fully saturated rings. The highest BCUT2D eigenvalue weighted by Crippen LogP contribution is 2.37. The number of ether oxygens (including phenoxy) is 1. The molecule has 3 rings (SSSR count). The van der Waals surface area contributed by atoms with E-state index >= 15 is 0 Å². The average Bonchev–Trinajstić information content (AvgIpc) is 2.41. The van der Waals surface area contributed by atoms with Crippen molar-refractivity contribution in [3.8, 4) is 5.75 Å². The SMILES string of the molecule is Cc1cc2c(OC3CC(CN)C3)ccc([N+](=O)[O-])c2cn1. The molecule has 2 aromatic rings. The van der Waals surface area contributed by atoms with E-state index in [2.05, 4.69) is 4.98 Å². The predicted molar refractivity (Wildman–Crippen MR) is 79.3 cm³/mol. The molecular weight excluding hydrogens is 270 g/mol. The number of nitro benzene ring substituents is 1. The summed E-state index contributed by atoms with van der Waals surface area (Å²) in [5.41, 5.74) is 6.47. The van der Waals surface area contributed by atoms with Gasteiger partial charge in [-0.2, -0.15) is 0 Å². The van der Waals surface area contributed by atoms with E-state index in [0.717, 1.165) is 23.9 Å². The number of nitro groups is 1. The zero-order valence-electron chi connectivity index (χ0n) is 11.8. The molecule has 0 saturated heterocycles. The molecule has 0 spiro atoms. The number of rotatable bonds is 4. The van der Waals surface area contributed by atoms with Crippen LogP contribution in [0.15, 0.2) is 24.4 Å². The molecule has 0 aliphatic heterocycles. The monoisotopic (exact) mass is 287 g/mol. The molecule has 1 aliphatic carbocycles. The topological polar surface area (TPSA) is 91.3 Å². The third kappa shape index (κ3) is 2.54. The summed E-state index contributed by atoms with van der Waals surface area (Å²) in [6.45, 7) is 2.54. The van der Waals surface area contributed by atoms with Crippen LogP contribution in [0.3, 0.4) is 0 Å². The third-order valence-electron chi connectivity index (χ3n) is 3.99. The lowest BCUT2D eigenvalue weighted by molar-refractivity contribution is -0.383. The van der Waals surface area contributed by atoms with Gasteiger partial charge in [0.2, 0.25) is 0 Å². The fourth-order valence-corrected chi connectivity index (χ4v) is 2.71. The van der Waals surface area contributed by atoms with E-state index in [-0.39, 0.29) is 11.8 Å². The van der Waals surface area contributed by atoms with Crippen molar-refractivity contribution in [2.75, 3.05) is 6.54 Å². The molecule has 1 aliphatic rings. The number of hydrogen-bond acceptors (Lipinski definition) is 5. The van der Waals surface area contributed by atoms with Crippen molar-refractivity contribution in [2.24, 2.45) is 11.7 Å². The maximum absolute atomic E-state index is 11.1. The fourth-order valence-electron chi connectivity index (χ4n) is 2.71. The van der Waals surface area contributed by atoms with Crippen LogP contribution in [0, 0.1) is 23.0 Å². The summed E-state index contributed by atoms with van der Waals surface area (Å²) >= 11 is 0. The first-order valence-corrected chi connectivity index (χ1v) is 6.99. The standard InChI is InChI=1S/C15H17N3O3/c1-9-4-12-13(8-17-9)14(18(19)20)2-3-15(12)21-11-5-10(6-11)7-16/h2-4,8,10-11H,5-7,16H2,1H3. The van der Waals surface area contributed by atoms with Gasteiger partial charge in [-0.3, -0.25) is 15.1 Å². The first-order valence-electron chi connectivity index (χ1n) is 6.99. The van der Waals surface area contributed by atoms with Gasteiger partial charge in [0.15, 0.2) is 0 Å². The van der Waals surface area contributed by atoms with Gasteiger partial charge in [-0.15, -0.1) is 0 Å². The van der Waals surface area contributed by atoms with Crippen molar-refractivity contribution in [3.63, 3.8) is 0 Å². The van der Waals surface area contributed by atoms with Crippen LogP contribution in [-0.4, -0.2) is 22.6 Å². The molecular formula is C15H17N3O3. The number of pyridine rings is 1. The minimum absolute atomic E-state index is 0.0540. The zero-order valence-corrected chi connectivity index (χ0v) is 11.8. The Labute approximate surface area is 122 Å². The van der Waals surface area contributed by atoms with Gasteiger partial charge >= 0.3 is 0 Å². The van der Waals surface area contributed by atoms with Crippen molar-refractivity contribution in [1.82, 2.24) is 4.98 Å². The van der Waals surface area contributed by atoms with E-state index in [1.54, 1.807) is 12.3 Å². The normalized spacial score (nSPS) is 21.0. The molecule has 21 heavy (non-hydrogen) atoms. The second-order valence-corrected chi connectivity index (χ2v) is 5.52. The van der Waals surface area contributed by atoms with Crippen molar-refractivity contribution in [3.05, 3.63) is 40.2 Å². The number of non-ortho nitro benzene ring substituents is 1. The summed E-state index contributed by atoms with van der Waals surface area (Å²) in [6, 6.07) is 4.99. The molecule has 1 aromatic heterocycles. The lowest BCUT2D eigenvalue weighted by atomic mass is 9.82. The summed E-state index contributed by atoms with van der Waals surface area (Å²) < 4.78 is 5.98. The molecule has 6 nitrogen and oxygen atoms in total. The highest BCUT2D eigenvalue weighted by molar-refractivity contribution is 5.95. The minimum atomic E-state index is -0.392. The van der Waals surface area contributed by atoms with E-state index in [9.17, 15) is 10.1 Å². The van der Waals surface area contributed by atoms with Gasteiger partial charge in [0.1, 0.15) is 5.75 Å². The molecule has 0 atom stereocenters. The van der Waals surface area contributed by atoms with Crippen LogP contribution in [0.4, 0.5) is 5.69 Å². The van der Waals surface area contributed by atoms with Gasteiger partial charge in [0.25, 0.3) is 5.69 Å². The summed E-state index contributed by atoms with van der Waals surface area (Å²) in [4.78, 5) is 14.9. The smallest absolute Gasteiger partial charge is 0.279 e. The maximum atomic E-state index is 11.1. The van der Waals surface area contributed by atoms with E-state index in [1.807, 2.05) is 13.0 Å². The van der Waals surface area contributed by atoms with E-state index in [1.165, 1.54) is 6.07 Å². The Morgan fingerprint density at radius 3 is 2.86 bits per heavy atom. The Bertz CT molecular complexity index is 696. The van der Waals surface area contributed by atoms with Gasteiger partial charge in [-0.1, -0.05) is 0 Å². The summed E-state index contributed by atoms with van der Waals surface area (Å²) in [7, 11) is 0. The molecule has 0 unspecified atom stereocenters. The van der Waals surface area contributed by atoms with Gasteiger partial charge in [-0.05, 0) is 44.4 Å². The van der Waals surface area contributed by atoms with Crippen LogP contribution in [0.2, 0.25) is 0 Å².